The summed E-state index contributed by atoms with van der Waals surface area (Å²) in [5, 5.41) is 6.85. The van der Waals surface area contributed by atoms with E-state index in [1.807, 2.05) is 30.3 Å². The first kappa shape index (κ1) is 24.8. The molecule has 2 N–H and O–H groups in total. The van der Waals surface area contributed by atoms with E-state index >= 15 is 0 Å². The number of amides is 1. The molecule has 1 aliphatic heterocycles. The van der Waals surface area contributed by atoms with E-state index in [1.54, 1.807) is 12.1 Å². The number of esters is 1. The van der Waals surface area contributed by atoms with Crippen LogP contribution in [0.3, 0.4) is 0 Å². The number of aromatic nitrogens is 2. The van der Waals surface area contributed by atoms with E-state index in [1.165, 1.54) is 18.5 Å². The van der Waals surface area contributed by atoms with Crippen molar-refractivity contribution in [1.29, 1.82) is 0 Å². The van der Waals surface area contributed by atoms with Gasteiger partial charge in [-0.1, -0.05) is 28.1 Å². The minimum atomic E-state index is -0.367. The van der Waals surface area contributed by atoms with Crippen molar-refractivity contribution >= 4 is 55.9 Å². The molecular weight excluding hydrogens is 514 g/mol. The first-order chi connectivity index (χ1) is 17.1. The smallest absolute Gasteiger partial charge is 0.309 e. The normalized spacial score (nSPS) is 14.2. The van der Waals surface area contributed by atoms with Crippen molar-refractivity contribution < 1.29 is 19.1 Å². The Kier molecular flexibility index (Phi) is 8.77. The van der Waals surface area contributed by atoms with Crippen molar-refractivity contribution in [2.45, 2.75) is 6.42 Å². The highest BCUT2D eigenvalue weighted by atomic mass is 79.9. The van der Waals surface area contributed by atoms with Gasteiger partial charge in [-0.25, -0.2) is 9.97 Å². The highest BCUT2D eigenvalue weighted by molar-refractivity contribution is 9.10. The van der Waals surface area contributed by atoms with E-state index in [2.05, 4.69) is 41.4 Å². The van der Waals surface area contributed by atoms with Crippen molar-refractivity contribution in [1.82, 2.24) is 14.9 Å². The van der Waals surface area contributed by atoms with Gasteiger partial charge in [-0.05, 0) is 42.5 Å². The van der Waals surface area contributed by atoms with Crippen LogP contribution in [0.25, 0.3) is 10.9 Å². The van der Waals surface area contributed by atoms with Gasteiger partial charge in [-0.15, -0.1) is 0 Å². The van der Waals surface area contributed by atoms with Crippen molar-refractivity contribution in [3.8, 4) is 0 Å². The summed E-state index contributed by atoms with van der Waals surface area (Å²) >= 11 is 3.46. The number of nitrogens with one attached hydrogen (secondary N) is 2. The number of nitrogens with zero attached hydrogens (tertiary/aromatic N) is 3. The lowest BCUT2D eigenvalue weighted by atomic mass is 10.2. The average molecular weight is 540 g/mol. The molecule has 1 fully saturated rings. The van der Waals surface area contributed by atoms with Crippen LogP contribution in [0, 0.1) is 0 Å². The first-order valence-corrected chi connectivity index (χ1v) is 12.1. The third kappa shape index (κ3) is 7.57. The Balaban J connectivity index is 1.30. The Morgan fingerprint density at radius 1 is 1.11 bits per heavy atom. The molecule has 182 valence electrons. The Bertz CT molecular complexity index is 1210. The van der Waals surface area contributed by atoms with Gasteiger partial charge in [0.05, 0.1) is 25.2 Å². The molecule has 3 aromatic rings. The molecule has 1 amide bonds. The second kappa shape index (κ2) is 12.4. The summed E-state index contributed by atoms with van der Waals surface area (Å²) in [5.74, 6) is -0.0863. The summed E-state index contributed by atoms with van der Waals surface area (Å²) in [7, 11) is 0. The monoisotopic (exact) mass is 539 g/mol. The van der Waals surface area contributed by atoms with E-state index in [9.17, 15) is 9.59 Å². The second-order valence-corrected chi connectivity index (χ2v) is 8.78. The Morgan fingerprint density at radius 3 is 2.80 bits per heavy atom. The van der Waals surface area contributed by atoms with Crippen molar-refractivity contribution in [2.75, 3.05) is 50.1 Å². The maximum atomic E-state index is 12.3. The summed E-state index contributed by atoms with van der Waals surface area (Å²) in [6.45, 7) is 4.12. The van der Waals surface area contributed by atoms with Gasteiger partial charge in [0.25, 0.3) is 0 Å². The van der Waals surface area contributed by atoms with Crippen LogP contribution in [-0.4, -0.2) is 66.2 Å². The van der Waals surface area contributed by atoms with E-state index in [0.29, 0.717) is 37.9 Å². The second-order valence-electron chi connectivity index (χ2n) is 7.86. The highest BCUT2D eigenvalue weighted by Gasteiger charge is 2.11. The number of rotatable bonds is 9. The van der Waals surface area contributed by atoms with Gasteiger partial charge in [-0.3, -0.25) is 14.5 Å². The molecule has 10 heteroatoms. The van der Waals surface area contributed by atoms with E-state index in [-0.39, 0.29) is 18.3 Å². The van der Waals surface area contributed by atoms with E-state index < -0.39 is 0 Å². The lowest BCUT2D eigenvalue weighted by Crippen LogP contribution is -2.38. The zero-order chi connectivity index (χ0) is 24.5. The standard InChI is InChI=1S/C25H26BrN5O4/c26-18-3-1-4-19(15-18)30-25-21-16-20(7-8-22(21)27-17-28-25)29-23(32)5-2-6-24(33)35-14-11-31-9-12-34-13-10-31/h1-5,7-8,15-17H,6,9-14H2,(H,29,32)(H,27,28,30). The SMILES string of the molecule is O=C(C=CCC(=O)OCCN1CCOCC1)Nc1ccc2ncnc(Nc3cccc(Br)c3)c2c1. The third-order valence-electron chi connectivity index (χ3n) is 5.32. The van der Waals surface area contributed by atoms with Crippen LogP contribution < -0.4 is 10.6 Å². The summed E-state index contributed by atoms with van der Waals surface area (Å²) in [6.07, 6.45) is 4.35. The molecule has 1 saturated heterocycles. The predicted octanol–water partition coefficient (Wildman–Crippen LogP) is 3.90. The molecule has 2 aromatic carbocycles. The molecule has 1 aliphatic rings. The molecule has 35 heavy (non-hydrogen) atoms. The van der Waals surface area contributed by atoms with Crippen LogP contribution in [0.5, 0.6) is 0 Å². The van der Waals surface area contributed by atoms with Crippen LogP contribution in [-0.2, 0) is 19.1 Å². The summed E-state index contributed by atoms with van der Waals surface area (Å²) in [6, 6.07) is 13.1. The Morgan fingerprint density at radius 2 is 1.97 bits per heavy atom. The number of fused-ring (bicyclic) bond motifs is 1. The zero-order valence-corrected chi connectivity index (χ0v) is 20.7. The summed E-state index contributed by atoms with van der Waals surface area (Å²) in [4.78, 5) is 35.1. The molecule has 0 unspecified atom stereocenters. The number of hydrogen-bond acceptors (Lipinski definition) is 8. The molecule has 0 aliphatic carbocycles. The molecule has 0 spiro atoms. The number of carbonyl (C=O) groups excluding carboxylic acids is 2. The maximum absolute atomic E-state index is 12.3. The molecule has 0 bridgehead atoms. The van der Waals surface area contributed by atoms with Crippen LogP contribution in [0.15, 0.2) is 65.4 Å². The van der Waals surface area contributed by atoms with E-state index in [4.69, 9.17) is 9.47 Å². The van der Waals surface area contributed by atoms with Gasteiger partial charge in [0.1, 0.15) is 18.8 Å². The number of carbonyl (C=O) groups is 2. The topological polar surface area (TPSA) is 106 Å². The Hall–Kier alpha value is -3.34. The van der Waals surface area contributed by atoms with Crippen LogP contribution in [0.2, 0.25) is 0 Å². The molecule has 1 aromatic heterocycles. The summed E-state index contributed by atoms with van der Waals surface area (Å²) in [5.41, 5.74) is 2.20. The average Bonchev–Trinajstić information content (AvgIpc) is 2.85. The molecule has 2 heterocycles. The number of halogens is 1. The van der Waals surface area contributed by atoms with Crippen LogP contribution in [0.4, 0.5) is 17.2 Å². The largest absolute Gasteiger partial charge is 0.464 e. The number of benzene rings is 2. The lowest BCUT2D eigenvalue weighted by Gasteiger charge is -2.26. The summed E-state index contributed by atoms with van der Waals surface area (Å²) < 4.78 is 11.5. The minimum Gasteiger partial charge on any atom is -0.464 e. The molecule has 0 atom stereocenters. The first-order valence-electron chi connectivity index (χ1n) is 11.3. The fourth-order valence-electron chi connectivity index (χ4n) is 3.56. The van der Waals surface area contributed by atoms with Crippen molar-refractivity contribution in [3.63, 3.8) is 0 Å². The number of hydrogen-bond donors (Lipinski definition) is 2. The van der Waals surface area contributed by atoms with Gasteiger partial charge in [-0.2, -0.15) is 0 Å². The van der Waals surface area contributed by atoms with Crippen LogP contribution >= 0.6 is 15.9 Å². The molecule has 4 rings (SSSR count). The van der Waals surface area contributed by atoms with E-state index in [0.717, 1.165) is 34.2 Å². The van der Waals surface area contributed by atoms with Gasteiger partial charge in [0.2, 0.25) is 5.91 Å². The fourth-order valence-corrected chi connectivity index (χ4v) is 3.95. The quantitative estimate of drug-likeness (QED) is 0.311. The lowest BCUT2D eigenvalue weighted by molar-refractivity contribution is -0.143. The Labute approximate surface area is 211 Å². The van der Waals surface area contributed by atoms with Gasteiger partial charge >= 0.3 is 5.97 Å². The van der Waals surface area contributed by atoms with Crippen molar-refractivity contribution in [3.05, 3.63) is 65.4 Å². The van der Waals surface area contributed by atoms with Gasteiger partial charge in [0, 0.05) is 40.9 Å². The third-order valence-corrected chi connectivity index (χ3v) is 5.81. The maximum Gasteiger partial charge on any atom is 0.309 e. The fraction of sp³-hybridized carbons (Fsp3) is 0.280. The van der Waals surface area contributed by atoms with Crippen molar-refractivity contribution in [2.24, 2.45) is 0 Å². The predicted molar refractivity (Wildman–Crippen MR) is 138 cm³/mol. The number of anilines is 3. The zero-order valence-electron chi connectivity index (χ0n) is 19.1. The minimum absolute atomic E-state index is 0.0306. The molecular formula is C25H26BrN5O4. The number of ether oxygens (including phenoxy) is 2. The van der Waals surface area contributed by atoms with Gasteiger partial charge in [0.15, 0.2) is 0 Å². The number of morpholine rings is 1. The van der Waals surface area contributed by atoms with Gasteiger partial charge < -0.3 is 20.1 Å². The highest BCUT2D eigenvalue weighted by Crippen LogP contribution is 2.27. The molecule has 0 radical (unpaired) electrons. The van der Waals surface area contributed by atoms with Crippen LogP contribution in [0.1, 0.15) is 6.42 Å². The molecule has 0 saturated carbocycles. The molecule has 9 nitrogen and oxygen atoms in total.